The molecule has 1 aromatic rings. The van der Waals surface area contributed by atoms with Crippen LogP contribution in [0, 0.1) is 5.92 Å². The summed E-state index contributed by atoms with van der Waals surface area (Å²) in [5.41, 5.74) is 0.224. The minimum atomic E-state index is -0.731. The van der Waals surface area contributed by atoms with Gasteiger partial charge in [-0.25, -0.2) is 0 Å². The van der Waals surface area contributed by atoms with Crippen molar-refractivity contribution in [2.75, 3.05) is 13.1 Å². The van der Waals surface area contributed by atoms with Crippen molar-refractivity contribution in [3.8, 4) is 0 Å². The third-order valence-electron chi connectivity index (χ3n) is 3.74. The summed E-state index contributed by atoms with van der Waals surface area (Å²) in [4.78, 5) is 0. The predicted molar refractivity (Wildman–Crippen MR) is 76.4 cm³/mol. The first-order valence-corrected chi connectivity index (χ1v) is 7.11. The van der Waals surface area contributed by atoms with Gasteiger partial charge in [0, 0.05) is 28.9 Å². The highest BCUT2D eigenvalue weighted by molar-refractivity contribution is 6.35. The maximum absolute atomic E-state index is 10.7. The quantitative estimate of drug-likeness (QED) is 0.894. The second-order valence-electron chi connectivity index (χ2n) is 5.31. The summed E-state index contributed by atoms with van der Waals surface area (Å²) in [5.74, 6) is 0.276. The van der Waals surface area contributed by atoms with Crippen molar-refractivity contribution in [2.24, 2.45) is 5.92 Å². The number of hydrogen-bond donors (Lipinski definition) is 2. The van der Waals surface area contributed by atoms with Crippen LogP contribution in [-0.4, -0.2) is 23.8 Å². The summed E-state index contributed by atoms with van der Waals surface area (Å²) >= 11 is 12.0. The lowest BCUT2D eigenvalue weighted by atomic mass is 9.79. The zero-order valence-electron chi connectivity index (χ0n) is 10.5. The molecule has 0 amide bonds. The maximum atomic E-state index is 10.7. The Morgan fingerprint density at radius 1 is 1.44 bits per heavy atom. The summed E-state index contributed by atoms with van der Waals surface area (Å²) in [6, 6.07) is 5.45. The van der Waals surface area contributed by atoms with E-state index in [1.54, 1.807) is 6.07 Å². The van der Waals surface area contributed by atoms with Crippen molar-refractivity contribution in [3.05, 3.63) is 33.8 Å². The van der Waals surface area contributed by atoms with Crippen LogP contribution in [0.15, 0.2) is 18.2 Å². The van der Waals surface area contributed by atoms with Gasteiger partial charge in [0.25, 0.3) is 0 Å². The molecule has 0 radical (unpaired) electrons. The molecule has 18 heavy (non-hydrogen) atoms. The van der Waals surface area contributed by atoms with Crippen LogP contribution in [0.25, 0.3) is 0 Å². The molecular weight excluding hydrogens is 269 g/mol. The van der Waals surface area contributed by atoms with E-state index in [-0.39, 0.29) is 5.92 Å². The van der Waals surface area contributed by atoms with Crippen molar-refractivity contribution in [1.29, 1.82) is 0 Å². The van der Waals surface area contributed by atoms with Gasteiger partial charge in [-0.05, 0) is 44.0 Å². The molecule has 2 unspecified atom stereocenters. The largest absolute Gasteiger partial charge is 0.389 e. The molecule has 0 spiro atoms. The highest BCUT2D eigenvalue weighted by Crippen LogP contribution is 2.31. The minimum absolute atomic E-state index is 0.276. The van der Waals surface area contributed by atoms with E-state index in [1.807, 2.05) is 19.1 Å². The van der Waals surface area contributed by atoms with Crippen LogP contribution in [0.1, 0.15) is 25.3 Å². The normalized spacial score (nSPS) is 23.7. The molecule has 2 rings (SSSR count). The molecule has 1 fully saturated rings. The standard InChI is InChI=1S/C14H19Cl2NO/c1-14(18,11-3-2-6-17-9-11)8-10-4-5-12(15)7-13(10)16/h4-5,7,11,17-18H,2-3,6,8-9H2,1H3. The molecule has 0 aromatic heterocycles. The molecule has 1 aliphatic rings. The Balaban J connectivity index is 2.10. The van der Waals surface area contributed by atoms with Crippen molar-refractivity contribution >= 4 is 23.2 Å². The smallest absolute Gasteiger partial charge is 0.0700 e. The maximum Gasteiger partial charge on any atom is 0.0700 e. The first kappa shape index (κ1) is 14.1. The number of halogens is 2. The summed E-state index contributed by atoms with van der Waals surface area (Å²) in [5, 5.41) is 15.2. The van der Waals surface area contributed by atoms with E-state index < -0.39 is 5.60 Å². The van der Waals surface area contributed by atoms with Gasteiger partial charge in [0.1, 0.15) is 0 Å². The predicted octanol–water partition coefficient (Wildman–Crippen LogP) is 3.29. The molecule has 0 saturated carbocycles. The van der Waals surface area contributed by atoms with E-state index in [0.717, 1.165) is 31.5 Å². The van der Waals surface area contributed by atoms with E-state index in [4.69, 9.17) is 23.2 Å². The highest BCUT2D eigenvalue weighted by Gasteiger charge is 2.33. The highest BCUT2D eigenvalue weighted by atomic mass is 35.5. The fraction of sp³-hybridized carbons (Fsp3) is 0.571. The number of aliphatic hydroxyl groups is 1. The van der Waals surface area contributed by atoms with Gasteiger partial charge in [-0.2, -0.15) is 0 Å². The van der Waals surface area contributed by atoms with E-state index in [1.165, 1.54) is 0 Å². The molecule has 2 nitrogen and oxygen atoms in total. The lowest BCUT2D eigenvalue weighted by Crippen LogP contribution is -2.45. The van der Waals surface area contributed by atoms with Crippen LogP contribution in [-0.2, 0) is 6.42 Å². The van der Waals surface area contributed by atoms with Crippen LogP contribution in [0.3, 0.4) is 0 Å². The molecule has 1 heterocycles. The van der Waals surface area contributed by atoms with Gasteiger partial charge in [-0.1, -0.05) is 29.3 Å². The average Bonchev–Trinajstić information content (AvgIpc) is 2.34. The van der Waals surface area contributed by atoms with Crippen molar-refractivity contribution in [2.45, 2.75) is 31.8 Å². The monoisotopic (exact) mass is 287 g/mol. The van der Waals surface area contributed by atoms with Crippen molar-refractivity contribution in [1.82, 2.24) is 5.32 Å². The molecule has 1 aromatic carbocycles. The van der Waals surface area contributed by atoms with E-state index in [9.17, 15) is 5.11 Å². The zero-order chi connectivity index (χ0) is 13.2. The fourth-order valence-corrected chi connectivity index (χ4v) is 3.05. The summed E-state index contributed by atoms with van der Waals surface area (Å²) in [7, 11) is 0. The molecule has 1 saturated heterocycles. The fourth-order valence-electron chi connectivity index (χ4n) is 2.58. The van der Waals surface area contributed by atoms with Gasteiger partial charge >= 0.3 is 0 Å². The lowest BCUT2D eigenvalue weighted by molar-refractivity contribution is -0.0102. The van der Waals surface area contributed by atoms with Gasteiger partial charge in [0.2, 0.25) is 0 Å². The van der Waals surface area contributed by atoms with Gasteiger partial charge in [0.05, 0.1) is 5.60 Å². The molecule has 0 aliphatic carbocycles. The summed E-state index contributed by atoms with van der Waals surface area (Å²) < 4.78 is 0. The minimum Gasteiger partial charge on any atom is -0.389 e. The first-order chi connectivity index (χ1) is 8.49. The Morgan fingerprint density at radius 2 is 2.22 bits per heavy atom. The van der Waals surface area contributed by atoms with E-state index >= 15 is 0 Å². The van der Waals surface area contributed by atoms with E-state index in [2.05, 4.69) is 5.32 Å². The molecule has 0 bridgehead atoms. The molecule has 2 N–H and O–H groups in total. The Bertz CT molecular complexity index is 414. The Morgan fingerprint density at radius 3 is 2.83 bits per heavy atom. The third kappa shape index (κ3) is 3.39. The van der Waals surface area contributed by atoms with Crippen LogP contribution in [0.4, 0.5) is 0 Å². The average molecular weight is 288 g/mol. The first-order valence-electron chi connectivity index (χ1n) is 6.36. The Hall–Kier alpha value is -0.280. The lowest BCUT2D eigenvalue weighted by Gasteiger charge is -2.36. The topological polar surface area (TPSA) is 32.3 Å². The molecule has 4 heteroatoms. The SMILES string of the molecule is CC(O)(Cc1ccc(Cl)cc1Cl)C1CCCNC1. The van der Waals surface area contributed by atoms with Crippen LogP contribution >= 0.6 is 23.2 Å². The molecule has 1 aliphatic heterocycles. The number of rotatable bonds is 3. The number of piperidine rings is 1. The second-order valence-corrected chi connectivity index (χ2v) is 6.16. The number of hydrogen-bond acceptors (Lipinski definition) is 2. The van der Waals surface area contributed by atoms with Gasteiger partial charge < -0.3 is 10.4 Å². The molecule has 100 valence electrons. The molecule has 2 atom stereocenters. The third-order valence-corrected chi connectivity index (χ3v) is 4.33. The van der Waals surface area contributed by atoms with E-state index in [0.29, 0.717) is 16.5 Å². The Kier molecular flexibility index (Phi) is 4.54. The van der Waals surface area contributed by atoms with Gasteiger partial charge in [-0.3, -0.25) is 0 Å². The van der Waals surface area contributed by atoms with Gasteiger partial charge in [-0.15, -0.1) is 0 Å². The van der Waals surface area contributed by atoms with Crippen molar-refractivity contribution < 1.29 is 5.11 Å². The van der Waals surface area contributed by atoms with Gasteiger partial charge in [0.15, 0.2) is 0 Å². The zero-order valence-corrected chi connectivity index (χ0v) is 12.1. The van der Waals surface area contributed by atoms with Crippen LogP contribution in [0.2, 0.25) is 10.0 Å². The summed E-state index contributed by atoms with van der Waals surface area (Å²) in [6.07, 6.45) is 2.75. The number of nitrogens with one attached hydrogen (secondary N) is 1. The Labute approximate surface area is 118 Å². The summed E-state index contributed by atoms with van der Waals surface area (Å²) in [6.45, 7) is 3.82. The van der Waals surface area contributed by atoms with Crippen molar-refractivity contribution in [3.63, 3.8) is 0 Å². The number of benzene rings is 1. The molecular formula is C14H19Cl2NO. The second kappa shape index (κ2) is 5.79. The van der Waals surface area contributed by atoms with Crippen LogP contribution < -0.4 is 5.32 Å². The van der Waals surface area contributed by atoms with Crippen LogP contribution in [0.5, 0.6) is 0 Å².